The molecule has 1 amide bonds. The van der Waals surface area contributed by atoms with Crippen LogP contribution in [0.1, 0.15) is 45.4 Å². The van der Waals surface area contributed by atoms with Crippen molar-refractivity contribution in [2.24, 2.45) is 0 Å². The van der Waals surface area contributed by atoms with Gasteiger partial charge in [-0.25, -0.2) is 0 Å². The van der Waals surface area contributed by atoms with E-state index in [0.717, 1.165) is 19.4 Å². The molecule has 1 rings (SSSR count). The Morgan fingerprint density at radius 1 is 1.21 bits per heavy atom. The first-order valence-electron chi connectivity index (χ1n) is 7.24. The van der Waals surface area contributed by atoms with Crippen LogP contribution in [0.2, 0.25) is 0 Å². The lowest BCUT2D eigenvalue weighted by atomic mass is 9.94. The smallest absolute Gasteiger partial charge is 0.304 e. The summed E-state index contributed by atoms with van der Waals surface area (Å²) >= 11 is 0. The van der Waals surface area contributed by atoms with Gasteiger partial charge >= 0.3 is 5.97 Å². The molecule has 1 aliphatic carbocycles. The second kappa shape index (κ2) is 8.15. The number of carboxylic acids is 1. The van der Waals surface area contributed by atoms with Crippen molar-refractivity contribution in [3.8, 4) is 0 Å². The molecule has 0 aromatic heterocycles. The first-order valence-corrected chi connectivity index (χ1v) is 7.24. The second-order valence-corrected chi connectivity index (χ2v) is 5.35. The number of carboxylic acid groups (broad SMARTS) is 1. The zero-order valence-corrected chi connectivity index (χ0v) is 12.1. The zero-order valence-electron chi connectivity index (χ0n) is 12.1. The normalized spacial score (nSPS) is 16.6. The minimum absolute atomic E-state index is 0.0827. The number of amides is 1. The second-order valence-electron chi connectivity index (χ2n) is 5.35. The van der Waals surface area contributed by atoms with Crippen molar-refractivity contribution in [1.82, 2.24) is 9.80 Å². The van der Waals surface area contributed by atoms with Gasteiger partial charge in [0, 0.05) is 19.1 Å². The molecule has 5 heteroatoms. The van der Waals surface area contributed by atoms with E-state index in [2.05, 4.69) is 0 Å². The number of hydrogen-bond acceptors (Lipinski definition) is 3. The van der Waals surface area contributed by atoms with Gasteiger partial charge in [0.25, 0.3) is 0 Å². The molecule has 0 saturated heterocycles. The lowest BCUT2D eigenvalue weighted by molar-refractivity contribution is -0.139. The van der Waals surface area contributed by atoms with Crippen LogP contribution >= 0.6 is 0 Å². The molecule has 0 unspecified atom stereocenters. The van der Waals surface area contributed by atoms with Gasteiger partial charge in [-0.05, 0) is 26.8 Å². The van der Waals surface area contributed by atoms with Gasteiger partial charge in [-0.15, -0.1) is 0 Å². The molecule has 0 bridgehead atoms. The standard InChI is InChI=1S/C14H26N2O3/c1-3-16(12-7-5-4-6-8-12)13(17)11-15(2)10-9-14(18)19/h12H,3-11H2,1-2H3,(H,18,19). The minimum Gasteiger partial charge on any atom is -0.481 e. The van der Waals surface area contributed by atoms with E-state index in [9.17, 15) is 9.59 Å². The van der Waals surface area contributed by atoms with Crippen LogP contribution in [-0.2, 0) is 9.59 Å². The molecule has 0 spiro atoms. The Bertz CT molecular complexity index is 301. The van der Waals surface area contributed by atoms with Gasteiger partial charge in [0.1, 0.15) is 0 Å². The Morgan fingerprint density at radius 3 is 2.37 bits per heavy atom. The molecule has 19 heavy (non-hydrogen) atoms. The van der Waals surface area contributed by atoms with Gasteiger partial charge in [-0.2, -0.15) is 0 Å². The number of rotatable bonds is 7. The predicted octanol–water partition coefficient (Wildman–Crippen LogP) is 1.57. The highest BCUT2D eigenvalue weighted by Crippen LogP contribution is 2.22. The molecule has 5 nitrogen and oxygen atoms in total. The maximum absolute atomic E-state index is 12.3. The average Bonchev–Trinajstić information content (AvgIpc) is 2.38. The maximum Gasteiger partial charge on any atom is 0.304 e. The third kappa shape index (κ3) is 5.59. The van der Waals surface area contributed by atoms with Crippen LogP contribution in [0, 0.1) is 0 Å². The van der Waals surface area contributed by atoms with E-state index >= 15 is 0 Å². The van der Waals surface area contributed by atoms with E-state index in [1.165, 1.54) is 19.3 Å². The number of hydrogen-bond donors (Lipinski definition) is 1. The number of carbonyl (C=O) groups excluding carboxylic acids is 1. The SMILES string of the molecule is CCN(C(=O)CN(C)CCC(=O)O)C1CCCCC1. The molecule has 1 saturated carbocycles. The molecule has 110 valence electrons. The van der Waals surface area contributed by atoms with Gasteiger partial charge < -0.3 is 10.0 Å². The van der Waals surface area contributed by atoms with Crippen molar-refractivity contribution in [3.05, 3.63) is 0 Å². The van der Waals surface area contributed by atoms with Gasteiger partial charge in [0.05, 0.1) is 13.0 Å². The van der Waals surface area contributed by atoms with E-state index in [0.29, 0.717) is 19.1 Å². The summed E-state index contributed by atoms with van der Waals surface area (Å²) in [6, 6.07) is 0.388. The van der Waals surface area contributed by atoms with E-state index in [-0.39, 0.29) is 12.3 Å². The van der Waals surface area contributed by atoms with E-state index < -0.39 is 5.97 Å². The summed E-state index contributed by atoms with van der Waals surface area (Å²) in [5.74, 6) is -0.693. The first-order chi connectivity index (χ1) is 9.04. The Morgan fingerprint density at radius 2 is 1.84 bits per heavy atom. The summed E-state index contributed by atoms with van der Waals surface area (Å²) in [5, 5.41) is 8.63. The van der Waals surface area contributed by atoms with Crippen LogP contribution in [0.15, 0.2) is 0 Å². The molecule has 0 aromatic carbocycles. The predicted molar refractivity (Wildman–Crippen MR) is 74.0 cm³/mol. The van der Waals surface area contributed by atoms with Crippen LogP contribution in [0.4, 0.5) is 0 Å². The third-order valence-corrected chi connectivity index (χ3v) is 3.79. The molecule has 0 heterocycles. The highest BCUT2D eigenvalue weighted by atomic mass is 16.4. The number of carbonyl (C=O) groups is 2. The van der Waals surface area contributed by atoms with Crippen molar-refractivity contribution in [2.45, 2.75) is 51.5 Å². The minimum atomic E-state index is -0.820. The quantitative estimate of drug-likeness (QED) is 0.763. The van der Waals surface area contributed by atoms with Crippen molar-refractivity contribution in [1.29, 1.82) is 0 Å². The van der Waals surface area contributed by atoms with Crippen LogP contribution in [0.3, 0.4) is 0 Å². The maximum atomic E-state index is 12.3. The van der Waals surface area contributed by atoms with Crippen LogP contribution in [0.5, 0.6) is 0 Å². The summed E-state index contributed by atoms with van der Waals surface area (Å²) < 4.78 is 0. The topological polar surface area (TPSA) is 60.9 Å². The van der Waals surface area contributed by atoms with Crippen LogP contribution < -0.4 is 0 Å². The summed E-state index contributed by atoms with van der Waals surface area (Å²) in [5.41, 5.74) is 0. The number of nitrogens with zero attached hydrogens (tertiary/aromatic N) is 2. The molecular formula is C14H26N2O3. The van der Waals surface area contributed by atoms with Crippen molar-refractivity contribution in [3.63, 3.8) is 0 Å². The summed E-state index contributed by atoms with van der Waals surface area (Å²) in [7, 11) is 1.80. The lowest BCUT2D eigenvalue weighted by Gasteiger charge is -2.34. The third-order valence-electron chi connectivity index (χ3n) is 3.79. The number of likely N-dealkylation sites (N-methyl/N-ethyl adjacent to an activating group) is 2. The fourth-order valence-corrected chi connectivity index (χ4v) is 2.72. The van der Waals surface area contributed by atoms with E-state index in [1.54, 1.807) is 11.9 Å². The monoisotopic (exact) mass is 270 g/mol. The highest BCUT2D eigenvalue weighted by molar-refractivity contribution is 5.78. The van der Waals surface area contributed by atoms with Gasteiger partial charge in [0.15, 0.2) is 0 Å². The Balaban J connectivity index is 2.41. The van der Waals surface area contributed by atoms with Crippen LogP contribution in [0.25, 0.3) is 0 Å². The van der Waals surface area contributed by atoms with Crippen molar-refractivity contribution in [2.75, 3.05) is 26.7 Å². The zero-order chi connectivity index (χ0) is 14.3. The summed E-state index contributed by atoms with van der Waals surface area (Å²) in [4.78, 5) is 26.5. The molecule has 0 aromatic rings. The lowest BCUT2D eigenvalue weighted by Crippen LogP contribution is -2.45. The number of aliphatic carboxylic acids is 1. The molecule has 0 aliphatic heterocycles. The fraction of sp³-hybridized carbons (Fsp3) is 0.857. The Labute approximate surface area is 115 Å². The molecule has 1 N–H and O–H groups in total. The van der Waals surface area contributed by atoms with E-state index in [1.807, 2.05) is 11.8 Å². The highest BCUT2D eigenvalue weighted by Gasteiger charge is 2.24. The van der Waals surface area contributed by atoms with Gasteiger partial charge in [-0.1, -0.05) is 19.3 Å². The van der Waals surface area contributed by atoms with E-state index in [4.69, 9.17) is 5.11 Å². The van der Waals surface area contributed by atoms with Crippen LogP contribution in [-0.4, -0.2) is 59.5 Å². The average molecular weight is 270 g/mol. The molecule has 1 fully saturated rings. The Hall–Kier alpha value is -1.10. The van der Waals surface area contributed by atoms with Gasteiger partial charge in [0.2, 0.25) is 5.91 Å². The summed E-state index contributed by atoms with van der Waals surface area (Å²) in [6.45, 7) is 3.50. The van der Waals surface area contributed by atoms with Crippen molar-refractivity contribution < 1.29 is 14.7 Å². The molecular weight excluding hydrogens is 244 g/mol. The van der Waals surface area contributed by atoms with Crippen molar-refractivity contribution >= 4 is 11.9 Å². The Kier molecular flexibility index (Phi) is 6.84. The van der Waals surface area contributed by atoms with Gasteiger partial charge in [-0.3, -0.25) is 14.5 Å². The summed E-state index contributed by atoms with van der Waals surface area (Å²) in [6.07, 6.45) is 6.00. The largest absolute Gasteiger partial charge is 0.481 e. The molecule has 0 radical (unpaired) electrons. The molecule has 0 atom stereocenters. The fourth-order valence-electron chi connectivity index (χ4n) is 2.72. The first kappa shape index (κ1) is 16.0. The molecule has 1 aliphatic rings.